The van der Waals surface area contributed by atoms with Gasteiger partial charge in [0.1, 0.15) is 0 Å². The predicted octanol–water partition coefficient (Wildman–Crippen LogP) is -0.937. The highest BCUT2D eigenvalue weighted by Crippen LogP contribution is 1.88. The molecule has 0 radical (unpaired) electrons. The molecule has 1 unspecified atom stereocenters. The average molecular weight is 183 g/mol. The van der Waals surface area contributed by atoms with Gasteiger partial charge in [0.2, 0.25) is 5.91 Å². The van der Waals surface area contributed by atoms with E-state index in [1.807, 2.05) is 0 Å². The second kappa shape index (κ2) is 7.59. The fourth-order valence-electron chi connectivity index (χ4n) is 0.848. The van der Waals surface area contributed by atoms with Crippen molar-refractivity contribution in [3.63, 3.8) is 0 Å². The summed E-state index contributed by atoms with van der Waals surface area (Å²) < 4.78 is 0. The number of hydrogen-bond donors (Lipinski definition) is 3. The van der Waals surface area contributed by atoms with Gasteiger partial charge in [-0.3, -0.25) is 4.79 Å². The van der Waals surface area contributed by atoms with E-state index in [0.717, 1.165) is 0 Å². The molecular formula is C9H17N3O. The van der Waals surface area contributed by atoms with Crippen LogP contribution >= 0.6 is 0 Å². The molecule has 0 aliphatic rings. The number of rotatable bonds is 5. The third-order valence-electron chi connectivity index (χ3n) is 1.65. The zero-order valence-electron chi connectivity index (χ0n) is 8.18. The zero-order valence-corrected chi connectivity index (χ0v) is 8.18. The van der Waals surface area contributed by atoms with Gasteiger partial charge in [-0.25, -0.2) is 0 Å². The van der Waals surface area contributed by atoms with Crippen LogP contribution in [-0.4, -0.2) is 32.1 Å². The Morgan fingerprint density at radius 3 is 2.77 bits per heavy atom. The molecule has 0 aromatic carbocycles. The molecule has 1 atom stereocenters. The Hall–Kier alpha value is -1.05. The number of carbonyl (C=O) groups is 1. The quantitative estimate of drug-likeness (QED) is 0.482. The van der Waals surface area contributed by atoms with Crippen LogP contribution in [0.2, 0.25) is 0 Å². The third-order valence-corrected chi connectivity index (χ3v) is 1.65. The maximum atomic E-state index is 11.0. The molecule has 0 aliphatic heterocycles. The van der Waals surface area contributed by atoms with Crippen molar-refractivity contribution in [2.45, 2.75) is 19.4 Å². The van der Waals surface area contributed by atoms with E-state index in [2.05, 4.69) is 22.5 Å². The van der Waals surface area contributed by atoms with E-state index in [9.17, 15) is 4.79 Å². The number of amides is 1. The summed E-state index contributed by atoms with van der Waals surface area (Å²) in [6, 6.07) is 0.0146. The molecule has 0 rings (SSSR count). The maximum absolute atomic E-state index is 11.0. The van der Waals surface area contributed by atoms with Crippen LogP contribution in [0.25, 0.3) is 0 Å². The molecule has 0 fully saturated rings. The van der Waals surface area contributed by atoms with Gasteiger partial charge in [0, 0.05) is 26.1 Å². The van der Waals surface area contributed by atoms with Crippen molar-refractivity contribution >= 4 is 5.91 Å². The van der Waals surface area contributed by atoms with Crippen LogP contribution in [0.15, 0.2) is 0 Å². The van der Waals surface area contributed by atoms with E-state index in [1.54, 1.807) is 14.0 Å². The summed E-state index contributed by atoms with van der Waals surface area (Å²) in [7, 11) is 1.61. The van der Waals surface area contributed by atoms with Gasteiger partial charge in [-0.1, -0.05) is 5.92 Å². The summed E-state index contributed by atoms with van der Waals surface area (Å²) in [5, 5.41) is 5.63. The van der Waals surface area contributed by atoms with Crippen LogP contribution in [0.5, 0.6) is 0 Å². The maximum Gasteiger partial charge on any atom is 0.221 e. The predicted molar refractivity (Wildman–Crippen MR) is 53.0 cm³/mol. The summed E-state index contributed by atoms with van der Waals surface area (Å²) in [5.74, 6) is 5.61. The molecule has 1 amide bonds. The van der Waals surface area contributed by atoms with Gasteiger partial charge in [-0.2, -0.15) is 0 Å². The van der Waals surface area contributed by atoms with Gasteiger partial charge in [-0.15, -0.1) is 5.92 Å². The highest BCUT2D eigenvalue weighted by atomic mass is 16.1. The minimum Gasteiger partial charge on any atom is -0.359 e. The smallest absolute Gasteiger partial charge is 0.221 e. The van der Waals surface area contributed by atoms with Gasteiger partial charge >= 0.3 is 0 Å². The van der Waals surface area contributed by atoms with Crippen molar-refractivity contribution in [3.05, 3.63) is 0 Å². The summed E-state index contributed by atoms with van der Waals surface area (Å²) in [4.78, 5) is 11.0. The minimum absolute atomic E-state index is 0.00703. The largest absolute Gasteiger partial charge is 0.359 e. The van der Waals surface area contributed by atoms with E-state index in [1.165, 1.54) is 0 Å². The summed E-state index contributed by atoms with van der Waals surface area (Å²) in [6.07, 6.45) is 0.401. The molecule has 0 heterocycles. The van der Waals surface area contributed by atoms with E-state index in [4.69, 9.17) is 5.73 Å². The standard InChI is InChI=1S/C9H17N3O/c1-3-4-5-12-8(7-10)6-9(13)11-2/h8,12H,5-7,10H2,1-2H3,(H,11,13). The molecule has 0 aromatic heterocycles. The van der Waals surface area contributed by atoms with Crippen LogP contribution in [0.1, 0.15) is 13.3 Å². The van der Waals surface area contributed by atoms with Crippen molar-refractivity contribution in [2.24, 2.45) is 5.73 Å². The Bertz CT molecular complexity index is 205. The van der Waals surface area contributed by atoms with Crippen LogP contribution in [0, 0.1) is 11.8 Å². The first-order valence-corrected chi connectivity index (χ1v) is 4.28. The first-order chi connectivity index (χ1) is 6.24. The molecule has 0 saturated heterocycles. The minimum atomic E-state index is -0.00703. The molecule has 4 heteroatoms. The fourth-order valence-corrected chi connectivity index (χ4v) is 0.848. The molecule has 0 aromatic rings. The Morgan fingerprint density at radius 2 is 2.31 bits per heavy atom. The van der Waals surface area contributed by atoms with Crippen LogP contribution in [-0.2, 0) is 4.79 Å². The van der Waals surface area contributed by atoms with Crippen molar-refractivity contribution < 1.29 is 4.79 Å². The van der Waals surface area contributed by atoms with Crippen molar-refractivity contribution in [2.75, 3.05) is 20.1 Å². The second-order valence-electron chi connectivity index (χ2n) is 2.62. The molecule has 13 heavy (non-hydrogen) atoms. The topological polar surface area (TPSA) is 67.1 Å². The van der Waals surface area contributed by atoms with Gasteiger partial charge in [0.25, 0.3) is 0 Å². The SMILES string of the molecule is CC#CCNC(CN)CC(=O)NC. The first kappa shape index (κ1) is 11.9. The molecule has 0 aliphatic carbocycles. The molecule has 0 saturated carbocycles. The lowest BCUT2D eigenvalue weighted by molar-refractivity contribution is -0.121. The van der Waals surface area contributed by atoms with Crippen LogP contribution in [0.4, 0.5) is 0 Å². The first-order valence-electron chi connectivity index (χ1n) is 4.28. The Kier molecular flexibility index (Phi) is 6.98. The molecule has 74 valence electrons. The van der Waals surface area contributed by atoms with Gasteiger partial charge in [-0.05, 0) is 6.92 Å². The van der Waals surface area contributed by atoms with Crippen LogP contribution < -0.4 is 16.4 Å². The summed E-state index contributed by atoms with van der Waals surface area (Å²) in [6.45, 7) is 2.80. The van der Waals surface area contributed by atoms with E-state index in [0.29, 0.717) is 19.5 Å². The second-order valence-corrected chi connectivity index (χ2v) is 2.62. The number of hydrogen-bond acceptors (Lipinski definition) is 3. The lowest BCUT2D eigenvalue weighted by Gasteiger charge is -2.13. The number of carbonyl (C=O) groups excluding carboxylic acids is 1. The average Bonchev–Trinajstić information content (AvgIpc) is 2.16. The van der Waals surface area contributed by atoms with Crippen molar-refractivity contribution in [3.8, 4) is 11.8 Å². The lowest BCUT2D eigenvalue weighted by Crippen LogP contribution is -2.40. The molecule has 4 N–H and O–H groups in total. The Labute approximate surface area is 79.3 Å². The Balaban J connectivity index is 3.73. The van der Waals surface area contributed by atoms with Crippen LogP contribution in [0.3, 0.4) is 0 Å². The highest BCUT2D eigenvalue weighted by molar-refractivity contribution is 5.76. The van der Waals surface area contributed by atoms with Gasteiger partial charge < -0.3 is 16.4 Å². The normalized spacial score (nSPS) is 11.3. The van der Waals surface area contributed by atoms with Gasteiger partial charge in [0.05, 0.1) is 6.54 Å². The van der Waals surface area contributed by atoms with Crippen molar-refractivity contribution in [1.82, 2.24) is 10.6 Å². The summed E-state index contributed by atoms with van der Waals surface area (Å²) >= 11 is 0. The molecular weight excluding hydrogens is 166 g/mol. The zero-order chi connectivity index (χ0) is 10.1. The van der Waals surface area contributed by atoms with E-state index >= 15 is 0 Å². The fraction of sp³-hybridized carbons (Fsp3) is 0.667. The number of nitrogens with two attached hydrogens (primary N) is 1. The molecule has 0 spiro atoms. The molecule has 0 bridgehead atoms. The van der Waals surface area contributed by atoms with E-state index in [-0.39, 0.29) is 11.9 Å². The van der Waals surface area contributed by atoms with E-state index < -0.39 is 0 Å². The Morgan fingerprint density at radius 1 is 1.62 bits per heavy atom. The highest BCUT2D eigenvalue weighted by Gasteiger charge is 2.09. The monoisotopic (exact) mass is 183 g/mol. The van der Waals surface area contributed by atoms with Crippen molar-refractivity contribution in [1.29, 1.82) is 0 Å². The summed E-state index contributed by atoms with van der Waals surface area (Å²) in [5.41, 5.74) is 5.47. The van der Waals surface area contributed by atoms with Gasteiger partial charge in [0.15, 0.2) is 0 Å². The number of nitrogens with one attached hydrogen (secondary N) is 2. The molecule has 4 nitrogen and oxygen atoms in total. The third kappa shape index (κ3) is 6.14. The lowest BCUT2D eigenvalue weighted by atomic mass is 10.2.